The van der Waals surface area contributed by atoms with Crippen LogP contribution in [0.2, 0.25) is 5.02 Å². The van der Waals surface area contributed by atoms with Gasteiger partial charge in [0.25, 0.3) is 5.91 Å². The third kappa shape index (κ3) is 4.11. The van der Waals surface area contributed by atoms with Crippen molar-refractivity contribution in [2.75, 3.05) is 18.8 Å². The molecular formula is C15H20ClN3O2. The maximum absolute atomic E-state index is 12.3. The van der Waals surface area contributed by atoms with Crippen molar-refractivity contribution in [3.05, 3.63) is 28.8 Å². The summed E-state index contributed by atoms with van der Waals surface area (Å²) < 4.78 is 0. The molecule has 0 aromatic heterocycles. The maximum Gasteiger partial charge on any atom is 0.252 e. The molecule has 3 N–H and O–H groups in total. The molecule has 5 nitrogen and oxygen atoms in total. The van der Waals surface area contributed by atoms with E-state index in [1.807, 2.05) is 0 Å². The molecule has 2 amide bonds. The van der Waals surface area contributed by atoms with Crippen LogP contribution in [0.15, 0.2) is 18.2 Å². The van der Waals surface area contributed by atoms with Crippen LogP contribution < -0.4 is 11.1 Å². The predicted molar refractivity (Wildman–Crippen MR) is 83.2 cm³/mol. The molecule has 1 aromatic carbocycles. The summed E-state index contributed by atoms with van der Waals surface area (Å²) in [6, 6.07) is 4.08. The zero-order chi connectivity index (χ0) is 15.4. The van der Waals surface area contributed by atoms with Crippen LogP contribution in [-0.4, -0.2) is 35.8 Å². The van der Waals surface area contributed by atoms with Gasteiger partial charge in [-0.25, -0.2) is 0 Å². The summed E-state index contributed by atoms with van der Waals surface area (Å²) >= 11 is 5.88. The first-order chi connectivity index (χ1) is 9.97. The van der Waals surface area contributed by atoms with Crippen LogP contribution in [0.1, 0.15) is 36.5 Å². The largest absolute Gasteiger partial charge is 0.399 e. The molecule has 1 heterocycles. The molecule has 1 aliphatic heterocycles. The molecule has 114 valence electrons. The molecule has 21 heavy (non-hydrogen) atoms. The van der Waals surface area contributed by atoms with Crippen molar-refractivity contribution in [1.82, 2.24) is 10.2 Å². The Balaban J connectivity index is 1.99. The van der Waals surface area contributed by atoms with E-state index in [-0.39, 0.29) is 11.8 Å². The van der Waals surface area contributed by atoms with Crippen LogP contribution in [0, 0.1) is 0 Å². The van der Waals surface area contributed by atoms with Crippen LogP contribution in [0.25, 0.3) is 0 Å². The van der Waals surface area contributed by atoms with Gasteiger partial charge >= 0.3 is 0 Å². The lowest BCUT2D eigenvalue weighted by atomic mass is 10.1. The molecule has 1 aromatic rings. The molecule has 0 bridgehead atoms. The van der Waals surface area contributed by atoms with E-state index in [4.69, 9.17) is 17.3 Å². The van der Waals surface area contributed by atoms with Gasteiger partial charge in [-0.15, -0.1) is 0 Å². The minimum absolute atomic E-state index is 0.0435. The highest BCUT2D eigenvalue weighted by molar-refractivity contribution is 6.31. The highest BCUT2D eigenvalue weighted by Gasteiger charge is 2.23. The van der Waals surface area contributed by atoms with Crippen molar-refractivity contribution in [2.24, 2.45) is 0 Å². The number of nitrogen functional groups attached to an aromatic ring is 1. The second kappa shape index (κ2) is 6.80. The van der Waals surface area contributed by atoms with Crippen LogP contribution in [0.5, 0.6) is 0 Å². The van der Waals surface area contributed by atoms with E-state index >= 15 is 0 Å². The molecule has 1 atom stereocenters. The zero-order valence-corrected chi connectivity index (χ0v) is 12.8. The number of carbonyl (C=O) groups is 2. The summed E-state index contributed by atoms with van der Waals surface area (Å²) in [5.41, 5.74) is 6.44. The van der Waals surface area contributed by atoms with Crippen molar-refractivity contribution >= 4 is 29.1 Å². The molecule has 2 rings (SSSR count). The fraction of sp³-hybridized carbons (Fsp3) is 0.467. The van der Waals surface area contributed by atoms with Gasteiger partial charge in [0.05, 0.1) is 0 Å². The Morgan fingerprint density at radius 2 is 1.90 bits per heavy atom. The van der Waals surface area contributed by atoms with Crippen molar-refractivity contribution in [3.63, 3.8) is 0 Å². The number of benzene rings is 1. The average molecular weight is 310 g/mol. The summed E-state index contributed by atoms with van der Waals surface area (Å²) in [5, 5.41) is 3.10. The number of likely N-dealkylation sites (tertiary alicyclic amines) is 1. The van der Waals surface area contributed by atoms with Gasteiger partial charge in [-0.2, -0.15) is 0 Å². The number of amides is 2. The first-order valence-electron chi connectivity index (χ1n) is 7.13. The Hall–Kier alpha value is -1.75. The van der Waals surface area contributed by atoms with E-state index in [0.29, 0.717) is 16.3 Å². The minimum Gasteiger partial charge on any atom is -0.399 e. The van der Waals surface area contributed by atoms with Gasteiger partial charge in [0, 0.05) is 29.4 Å². The third-order valence-electron chi connectivity index (χ3n) is 3.57. The molecule has 1 aliphatic rings. The van der Waals surface area contributed by atoms with E-state index in [1.165, 1.54) is 6.07 Å². The Labute approximate surface area is 129 Å². The zero-order valence-electron chi connectivity index (χ0n) is 12.1. The Bertz CT molecular complexity index is 521. The van der Waals surface area contributed by atoms with E-state index in [0.717, 1.165) is 32.4 Å². The van der Waals surface area contributed by atoms with Crippen LogP contribution in [0.4, 0.5) is 5.69 Å². The van der Waals surface area contributed by atoms with Crippen molar-refractivity contribution in [2.45, 2.75) is 32.2 Å². The van der Waals surface area contributed by atoms with Gasteiger partial charge in [-0.05, 0) is 44.4 Å². The first kappa shape index (κ1) is 15.6. The second-order valence-corrected chi connectivity index (χ2v) is 5.79. The normalized spacial score (nSPS) is 16.4. The molecule has 6 heteroatoms. The molecule has 0 aliphatic carbocycles. The number of halogens is 1. The molecule has 0 radical (unpaired) electrons. The highest BCUT2D eigenvalue weighted by atomic mass is 35.5. The number of hydrogen-bond donors (Lipinski definition) is 2. The number of nitrogens with one attached hydrogen (secondary N) is 1. The molecule has 1 fully saturated rings. The summed E-state index contributed by atoms with van der Waals surface area (Å²) in [4.78, 5) is 26.2. The monoisotopic (exact) mass is 309 g/mol. The second-order valence-electron chi connectivity index (χ2n) is 5.35. The number of rotatable bonds is 3. The topological polar surface area (TPSA) is 75.4 Å². The van der Waals surface area contributed by atoms with Gasteiger partial charge in [-0.1, -0.05) is 11.6 Å². The first-order valence-corrected chi connectivity index (χ1v) is 7.51. The molecule has 1 unspecified atom stereocenters. The Morgan fingerprint density at radius 1 is 1.24 bits per heavy atom. The van der Waals surface area contributed by atoms with Crippen LogP contribution >= 0.6 is 11.6 Å². The van der Waals surface area contributed by atoms with E-state index in [2.05, 4.69) is 5.32 Å². The number of anilines is 1. The number of nitrogens with zero attached hydrogens (tertiary/aromatic N) is 1. The van der Waals surface area contributed by atoms with Crippen molar-refractivity contribution < 1.29 is 9.59 Å². The Kier molecular flexibility index (Phi) is 5.07. The fourth-order valence-electron chi connectivity index (χ4n) is 2.47. The number of piperidine rings is 1. The molecule has 0 spiro atoms. The fourth-order valence-corrected chi connectivity index (χ4v) is 2.72. The van der Waals surface area contributed by atoms with Crippen molar-refractivity contribution in [3.8, 4) is 0 Å². The molecule has 1 saturated heterocycles. The molecular weight excluding hydrogens is 290 g/mol. The lowest BCUT2D eigenvalue weighted by molar-refractivity contribution is -0.133. The third-order valence-corrected chi connectivity index (χ3v) is 3.79. The van der Waals surface area contributed by atoms with Crippen molar-refractivity contribution in [1.29, 1.82) is 0 Å². The quantitative estimate of drug-likeness (QED) is 0.839. The smallest absolute Gasteiger partial charge is 0.252 e. The summed E-state index contributed by atoms with van der Waals surface area (Å²) in [5.74, 6) is -0.389. The highest BCUT2D eigenvalue weighted by Crippen LogP contribution is 2.17. The van der Waals surface area contributed by atoms with Gasteiger partial charge in [0.2, 0.25) is 5.91 Å². The van der Waals surface area contributed by atoms with E-state index in [9.17, 15) is 9.59 Å². The molecule has 0 saturated carbocycles. The summed E-state index contributed by atoms with van der Waals surface area (Å²) in [7, 11) is 0. The maximum atomic E-state index is 12.3. The predicted octanol–water partition coefficient (Wildman–Crippen LogP) is 2.05. The lowest BCUT2D eigenvalue weighted by Crippen LogP contribution is -2.48. The van der Waals surface area contributed by atoms with E-state index < -0.39 is 6.04 Å². The average Bonchev–Trinajstić information content (AvgIpc) is 2.46. The lowest BCUT2D eigenvalue weighted by Gasteiger charge is -2.29. The SMILES string of the molecule is CC(NC(=O)c1cc(N)cc(Cl)c1)C(=O)N1CCCCC1. The Morgan fingerprint density at radius 3 is 2.52 bits per heavy atom. The number of hydrogen-bond acceptors (Lipinski definition) is 3. The van der Waals surface area contributed by atoms with Crippen LogP contribution in [0.3, 0.4) is 0 Å². The standard InChI is InChI=1S/C15H20ClN3O2/c1-10(15(21)19-5-3-2-4-6-19)18-14(20)11-7-12(16)9-13(17)8-11/h7-10H,2-6,17H2,1H3,(H,18,20). The number of carbonyl (C=O) groups excluding carboxylic acids is 2. The van der Waals surface area contributed by atoms with Gasteiger partial charge < -0.3 is 16.0 Å². The van der Waals surface area contributed by atoms with E-state index in [1.54, 1.807) is 24.0 Å². The van der Waals surface area contributed by atoms with Crippen LogP contribution in [-0.2, 0) is 4.79 Å². The van der Waals surface area contributed by atoms with Gasteiger partial charge in [-0.3, -0.25) is 9.59 Å². The minimum atomic E-state index is -0.559. The summed E-state index contributed by atoms with van der Waals surface area (Å²) in [6.07, 6.45) is 3.21. The summed E-state index contributed by atoms with van der Waals surface area (Å²) in [6.45, 7) is 3.23. The van der Waals surface area contributed by atoms with Gasteiger partial charge in [0.1, 0.15) is 6.04 Å². The van der Waals surface area contributed by atoms with Gasteiger partial charge in [0.15, 0.2) is 0 Å². The number of nitrogens with two attached hydrogens (primary N) is 1.